The minimum atomic E-state index is -0.761. The average molecular weight is 454 g/mol. The summed E-state index contributed by atoms with van der Waals surface area (Å²) < 4.78 is 0. The highest BCUT2D eigenvalue weighted by Crippen LogP contribution is 2.20. The molecule has 1 heterocycles. The third-order valence-electron chi connectivity index (χ3n) is 5.54. The van der Waals surface area contributed by atoms with E-state index in [1.54, 1.807) is 12.3 Å². The summed E-state index contributed by atoms with van der Waals surface area (Å²) in [5, 5.41) is 10.7. The number of fused-ring (bicyclic) bond motifs is 1. The molecule has 4 rings (SSSR count). The van der Waals surface area contributed by atoms with Gasteiger partial charge in [-0.05, 0) is 33.5 Å². The molecule has 0 aliphatic heterocycles. The zero-order valence-corrected chi connectivity index (χ0v) is 18.7. The molecule has 0 unspecified atom stereocenters. The van der Waals surface area contributed by atoms with E-state index in [1.807, 2.05) is 78.9 Å². The third-order valence-corrected chi connectivity index (χ3v) is 5.54. The van der Waals surface area contributed by atoms with Gasteiger partial charge in [0.1, 0.15) is 11.9 Å². The summed E-state index contributed by atoms with van der Waals surface area (Å²) in [6.45, 7) is 0.651. The molecule has 0 bridgehead atoms. The number of benzene rings is 3. The normalized spacial score (nSPS) is 11.5. The van der Waals surface area contributed by atoms with Gasteiger partial charge in [0, 0.05) is 25.7 Å². The van der Waals surface area contributed by atoms with E-state index in [0.717, 1.165) is 27.5 Å². The third kappa shape index (κ3) is 6.10. The monoisotopic (exact) mass is 453 g/mol. The van der Waals surface area contributed by atoms with Gasteiger partial charge in [-0.1, -0.05) is 78.9 Å². The summed E-state index contributed by atoms with van der Waals surface area (Å²) in [5.41, 5.74) is 8.41. The molecule has 3 amide bonds. The van der Waals surface area contributed by atoms with Crippen LogP contribution in [-0.2, 0) is 24.3 Å². The van der Waals surface area contributed by atoms with Crippen LogP contribution in [0.4, 0.5) is 10.6 Å². The number of hydrogen-bond acceptors (Lipinski definition) is 4. The molecular weight excluding hydrogens is 426 g/mol. The highest BCUT2D eigenvalue weighted by molar-refractivity contribution is 5.90. The van der Waals surface area contributed by atoms with Crippen LogP contribution in [-0.4, -0.2) is 23.0 Å². The van der Waals surface area contributed by atoms with Crippen LogP contribution in [0.2, 0.25) is 0 Å². The molecule has 3 aromatic carbocycles. The number of urea groups is 1. The van der Waals surface area contributed by atoms with E-state index in [0.29, 0.717) is 18.8 Å². The van der Waals surface area contributed by atoms with Crippen molar-refractivity contribution in [3.63, 3.8) is 0 Å². The molecule has 0 saturated carbocycles. The first-order chi connectivity index (χ1) is 16.6. The highest BCUT2D eigenvalue weighted by Gasteiger charge is 2.22. The minimum Gasteiger partial charge on any atom is -0.384 e. The van der Waals surface area contributed by atoms with E-state index >= 15 is 0 Å². The van der Waals surface area contributed by atoms with E-state index in [2.05, 4.69) is 20.9 Å². The number of carbonyl (C=O) groups excluding carboxylic acids is 2. The molecule has 7 heteroatoms. The van der Waals surface area contributed by atoms with Crippen molar-refractivity contribution >= 4 is 28.5 Å². The lowest BCUT2D eigenvalue weighted by atomic mass is 9.98. The topological polar surface area (TPSA) is 109 Å². The van der Waals surface area contributed by atoms with Crippen LogP contribution >= 0.6 is 0 Å². The zero-order chi connectivity index (χ0) is 23.8. The molecule has 0 aliphatic carbocycles. The minimum absolute atomic E-state index is 0.278. The Morgan fingerprint density at radius 1 is 0.794 bits per heavy atom. The number of pyridine rings is 1. The van der Waals surface area contributed by atoms with Crippen LogP contribution in [0.25, 0.3) is 10.8 Å². The quantitative estimate of drug-likeness (QED) is 0.327. The molecule has 7 nitrogen and oxygen atoms in total. The van der Waals surface area contributed by atoms with E-state index in [9.17, 15) is 9.59 Å². The molecule has 34 heavy (non-hydrogen) atoms. The van der Waals surface area contributed by atoms with Gasteiger partial charge in [0.05, 0.1) is 0 Å². The second kappa shape index (κ2) is 11.0. The van der Waals surface area contributed by atoms with Gasteiger partial charge >= 0.3 is 6.03 Å². The number of rotatable bonds is 8. The van der Waals surface area contributed by atoms with E-state index in [1.165, 1.54) is 0 Å². The van der Waals surface area contributed by atoms with Crippen molar-refractivity contribution in [1.29, 1.82) is 0 Å². The number of anilines is 1. The molecule has 0 saturated heterocycles. The number of nitrogen functional groups attached to an aromatic ring is 1. The number of carbonyl (C=O) groups is 2. The zero-order valence-electron chi connectivity index (χ0n) is 18.7. The smallest absolute Gasteiger partial charge is 0.315 e. The first-order valence-electron chi connectivity index (χ1n) is 11.1. The number of nitrogens with zero attached hydrogens (tertiary/aromatic N) is 1. The van der Waals surface area contributed by atoms with Crippen molar-refractivity contribution in [2.45, 2.75) is 25.6 Å². The van der Waals surface area contributed by atoms with E-state index < -0.39 is 12.1 Å². The Hall–Kier alpha value is -4.39. The summed E-state index contributed by atoms with van der Waals surface area (Å²) >= 11 is 0. The fourth-order valence-corrected chi connectivity index (χ4v) is 3.74. The Morgan fingerprint density at radius 2 is 1.53 bits per heavy atom. The molecule has 0 aliphatic rings. The number of nitrogens with one attached hydrogen (secondary N) is 3. The van der Waals surface area contributed by atoms with Gasteiger partial charge in [0.25, 0.3) is 0 Å². The van der Waals surface area contributed by atoms with Gasteiger partial charge in [0.2, 0.25) is 5.91 Å². The van der Waals surface area contributed by atoms with Gasteiger partial charge in [-0.15, -0.1) is 0 Å². The Bertz CT molecular complexity index is 1250. The molecule has 172 valence electrons. The maximum atomic E-state index is 13.1. The van der Waals surface area contributed by atoms with Crippen molar-refractivity contribution in [2.75, 3.05) is 5.73 Å². The standard InChI is InChI=1S/C27H27N5O2/c28-25-14-13-20(17-29-25)18-30-26(33)24(32-27(34)31-16-19-7-2-1-3-8-19)15-22-11-6-10-21-9-4-5-12-23(21)22/h1-14,17,24H,15-16,18H2,(H2,28,29)(H,30,33)(H2,31,32,34)/t24-/m0/s1. The predicted molar refractivity (Wildman–Crippen MR) is 134 cm³/mol. The van der Waals surface area contributed by atoms with Gasteiger partial charge in [-0.2, -0.15) is 0 Å². The fraction of sp³-hybridized carbons (Fsp3) is 0.148. The Balaban J connectivity index is 1.48. The van der Waals surface area contributed by atoms with Gasteiger partial charge in [0.15, 0.2) is 0 Å². The average Bonchev–Trinajstić information content (AvgIpc) is 2.87. The number of amides is 3. The second-order valence-corrected chi connectivity index (χ2v) is 8.02. The largest absolute Gasteiger partial charge is 0.384 e. The van der Waals surface area contributed by atoms with Gasteiger partial charge < -0.3 is 21.7 Å². The van der Waals surface area contributed by atoms with Crippen LogP contribution in [0, 0.1) is 0 Å². The molecule has 0 fully saturated rings. The lowest BCUT2D eigenvalue weighted by Crippen LogP contribution is -2.50. The first-order valence-corrected chi connectivity index (χ1v) is 11.1. The fourth-order valence-electron chi connectivity index (χ4n) is 3.74. The molecule has 4 aromatic rings. The predicted octanol–water partition coefficient (Wildman–Crippen LogP) is 3.54. The highest BCUT2D eigenvalue weighted by atomic mass is 16.2. The van der Waals surface area contributed by atoms with Crippen LogP contribution in [0.3, 0.4) is 0 Å². The molecule has 1 aromatic heterocycles. The SMILES string of the molecule is Nc1ccc(CNC(=O)[C@H](Cc2cccc3ccccc23)NC(=O)NCc2ccccc2)cn1. The Morgan fingerprint density at radius 3 is 2.32 bits per heavy atom. The number of aromatic nitrogens is 1. The molecular formula is C27H27N5O2. The summed E-state index contributed by atoms with van der Waals surface area (Å²) in [7, 11) is 0. The lowest BCUT2D eigenvalue weighted by Gasteiger charge is -2.20. The molecule has 0 spiro atoms. The maximum Gasteiger partial charge on any atom is 0.315 e. The first kappa shape index (κ1) is 22.8. The maximum absolute atomic E-state index is 13.1. The summed E-state index contributed by atoms with van der Waals surface area (Å²) in [5.74, 6) is 0.139. The molecule has 0 radical (unpaired) electrons. The van der Waals surface area contributed by atoms with Crippen LogP contribution in [0.15, 0.2) is 91.1 Å². The number of hydrogen-bond donors (Lipinski definition) is 4. The second-order valence-electron chi connectivity index (χ2n) is 8.02. The van der Waals surface area contributed by atoms with Crippen molar-refractivity contribution in [2.24, 2.45) is 0 Å². The van der Waals surface area contributed by atoms with Crippen molar-refractivity contribution < 1.29 is 9.59 Å². The lowest BCUT2D eigenvalue weighted by molar-refractivity contribution is -0.123. The summed E-state index contributed by atoms with van der Waals surface area (Å²) in [6.07, 6.45) is 1.97. The summed E-state index contributed by atoms with van der Waals surface area (Å²) in [4.78, 5) is 29.9. The van der Waals surface area contributed by atoms with E-state index in [-0.39, 0.29) is 12.5 Å². The van der Waals surface area contributed by atoms with Gasteiger partial charge in [-0.25, -0.2) is 9.78 Å². The summed E-state index contributed by atoms with van der Waals surface area (Å²) in [6, 6.07) is 25.9. The van der Waals surface area contributed by atoms with Crippen LogP contribution in [0.1, 0.15) is 16.7 Å². The Labute approximate surface area is 198 Å². The van der Waals surface area contributed by atoms with Crippen molar-refractivity contribution in [1.82, 2.24) is 20.9 Å². The van der Waals surface area contributed by atoms with E-state index in [4.69, 9.17) is 5.73 Å². The van der Waals surface area contributed by atoms with Crippen molar-refractivity contribution in [3.8, 4) is 0 Å². The molecule has 1 atom stereocenters. The van der Waals surface area contributed by atoms with Crippen LogP contribution < -0.4 is 21.7 Å². The molecule has 5 N–H and O–H groups in total. The Kier molecular flexibility index (Phi) is 7.35. The van der Waals surface area contributed by atoms with Gasteiger partial charge in [-0.3, -0.25) is 4.79 Å². The number of nitrogens with two attached hydrogens (primary N) is 1. The van der Waals surface area contributed by atoms with Crippen LogP contribution in [0.5, 0.6) is 0 Å². The van der Waals surface area contributed by atoms with Crippen molar-refractivity contribution in [3.05, 3.63) is 108 Å².